The minimum Gasteiger partial charge on any atom is -0.463 e. The number of hydrogen-bond donors (Lipinski definition) is 0. The van der Waals surface area contributed by atoms with Crippen LogP contribution in [0.15, 0.2) is 0 Å². The molecule has 0 saturated heterocycles. The highest BCUT2D eigenvalue weighted by molar-refractivity contribution is 5.77. The Morgan fingerprint density at radius 2 is 2.23 bits per heavy atom. The predicted octanol–water partition coefficient (Wildman–Crippen LogP) is 1.26. The van der Waals surface area contributed by atoms with E-state index in [0.29, 0.717) is 13.2 Å². The fourth-order valence-electron chi connectivity index (χ4n) is 0.717. The molecule has 0 bridgehead atoms. The number of nitrogens with zero attached hydrogens (tertiary/aromatic N) is 1. The summed E-state index contributed by atoms with van der Waals surface area (Å²) in [5, 5.41) is 8.51. The summed E-state index contributed by atoms with van der Waals surface area (Å²) in [4.78, 5) is 11.1. The average Bonchev–Trinajstić information content (AvgIpc) is 2.14. The minimum atomic E-state index is -1.07. The van der Waals surface area contributed by atoms with Crippen molar-refractivity contribution in [2.24, 2.45) is 0 Å². The number of ether oxygens (including phenoxy) is 2. The molecule has 0 rings (SSSR count). The van der Waals surface area contributed by atoms with Crippen molar-refractivity contribution in [3.8, 4) is 6.07 Å². The van der Waals surface area contributed by atoms with Gasteiger partial charge in [-0.05, 0) is 13.3 Å². The van der Waals surface area contributed by atoms with Crippen LogP contribution in [-0.2, 0) is 14.3 Å². The Morgan fingerprint density at radius 1 is 1.54 bits per heavy atom. The van der Waals surface area contributed by atoms with Gasteiger partial charge in [0.05, 0.1) is 6.61 Å². The molecule has 0 aliphatic rings. The highest BCUT2D eigenvalue weighted by Crippen LogP contribution is 1.96. The van der Waals surface area contributed by atoms with Crippen LogP contribution in [0.25, 0.3) is 0 Å². The summed E-state index contributed by atoms with van der Waals surface area (Å²) in [5.41, 5.74) is 0. The number of carbonyl (C=O) groups is 1. The first-order chi connectivity index (χ1) is 6.26. The quantitative estimate of drug-likeness (QED) is 0.461. The van der Waals surface area contributed by atoms with Crippen molar-refractivity contribution < 1.29 is 14.3 Å². The molecular weight excluding hydrogens is 170 g/mol. The predicted molar refractivity (Wildman–Crippen MR) is 46.9 cm³/mol. The Kier molecular flexibility index (Phi) is 6.93. The summed E-state index contributed by atoms with van der Waals surface area (Å²) >= 11 is 0. The molecule has 0 saturated carbocycles. The molecule has 0 aromatic heterocycles. The van der Waals surface area contributed by atoms with Gasteiger partial charge in [-0.2, -0.15) is 5.26 Å². The molecule has 1 atom stereocenters. The van der Waals surface area contributed by atoms with E-state index in [-0.39, 0.29) is 0 Å². The van der Waals surface area contributed by atoms with Crippen LogP contribution >= 0.6 is 0 Å². The SMILES string of the molecule is CCCCOC(=O)C(C#N)OCC. The molecule has 4 nitrogen and oxygen atoms in total. The van der Waals surface area contributed by atoms with E-state index in [2.05, 4.69) is 0 Å². The number of rotatable bonds is 6. The van der Waals surface area contributed by atoms with Crippen molar-refractivity contribution in [3.05, 3.63) is 0 Å². The molecule has 0 aromatic rings. The lowest BCUT2D eigenvalue weighted by atomic mass is 10.3. The van der Waals surface area contributed by atoms with Crippen LogP contribution in [0.5, 0.6) is 0 Å². The fourth-order valence-corrected chi connectivity index (χ4v) is 0.717. The maximum absolute atomic E-state index is 11.1. The lowest BCUT2D eigenvalue weighted by Gasteiger charge is -2.08. The van der Waals surface area contributed by atoms with Gasteiger partial charge in [0, 0.05) is 6.61 Å². The van der Waals surface area contributed by atoms with Crippen molar-refractivity contribution in [2.45, 2.75) is 32.8 Å². The summed E-state index contributed by atoms with van der Waals surface area (Å²) < 4.78 is 9.65. The Bertz CT molecular complexity index is 186. The van der Waals surface area contributed by atoms with E-state index in [9.17, 15) is 4.79 Å². The van der Waals surface area contributed by atoms with Crippen molar-refractivity contribution in [1.82, 2.24) is 0 Å². The zero-order valence-electron chi connectivity index (χ0n) is 8.08. The fraction of sp³-hybridized carbons (Fsp3) is 0.778. The van der Waals surface area contributed by atoms with Crippen molar-refractivity contribution >= 4 is 5.97 Å². The van der Waals surface area contributed by atoms with Gasteiger partial charge in [-0.25, -0.2) is 4.79 Å². The summed E-state index contributed by atoms with van der Waals surface area (Å²) in [7, 11) is 0. The molecule has 0 heterocycles. The van der Waals surface area contributed by atoms with Gasteiger partial charge in [-0.3, -0.25) is 0 Å². The van der Waals surface area contributed by atoms with E-state index < -0.39 is 12.1 Å². The molecule has 0 amide bonds. The van der Waals surface area contributed by atoms with Gasteiger partial charge in [0.25, 0.3) is 0 Å². The number of esters is 1. The maximum Gasteiger partial charge on any atom is 0.350 e. The molecule has 74 valence electrons. The smallest absolute Gasteiger partial charge is 0.350 e. The van der Waals surface area contributed by atoms with Gasteiger partial charge < -0.3 is 9.47 Å². The lowest BCUT2D eigenvalue weighted by molar-refractivity contribution is -0.153. The average molecular weight is 185 g/mol. The standard InChI is InChI=1S/C9H15NO3/c1-3-5-6-13-9(11)8(7-10)12-4-2/h8H,3-6H2,1-2H3. The summed E-state index contributed by atoms with van der Waals surface area (Å²) in [6.07, 6.45) is 0.705. The summed E-state index contributed by atoms with van der Waals surface area (Å²) in [5.74, 6) is -0.585. The van der Waals surface area contributed by atoms with Crippen LogP contribution < -0.4 is 0 Å². The number of unbranched alkanes of at least 4 members (excludes halogenated alkanes) is 1. The topological polar surface area (TPSA) is 59.3 Å². The number of nitriles is 1. The van der Waals surface area contributed by atoms with Crippen LogP contribution in [0.2, 0.25) is 0 Å². The van der Waals surface area contributed by atoms with E-state index >= 15 is 0 Å². The molecule has 0 N–H and O–H groups in total. The van der Waals surface area contributed by atoms with Crippen molar-refractivity contribution in [3.63, 3.8) is 0 Å². The summed E-state index contributed by atoms with van der Waals surface area (Å²) in [6, 6.07) is 1.73. The van der Waals surface area contributed by atoms with E-state index in [1.165, 1.54) is 0 Å². The number of hydrogen-bond acceptors (Lipinski definition) is 4. The molecule has 0 aromatic carbocycles. The van der Waals surface area contributed by atoms with Gasteiger partial charge >= 0.3 is 5.97 Å². The Hall–Kier alpha value is -1.08. The zero-order valence-corrected chi connectivity index (χ0v) is 8.08. The minimum absolute atomic E-state index is 0.334. The maximum atomic E-state index is 11.1. The highest BCUT2D eigenvalue weighted by atomic mass is 16.6. The van der Waals surface area contributed by atoms with Gasteiger partial charge in [-0.1, -0.05) is 13.3 Å². The third-order valence-electron chi connectivity index (χ3n) is 1.41. The molecule has 13 heavy (non-hydrogen) atoms. The monoisotopic (exact) mass is 185 g/mol. The Morgan fingerprint density at radius 3 is 2.69 bits per heavy atom. The van der Waals surface area contributed by atoms with Crippen LogP contribution in [-0.4, -0.2) is 25.3 Å². The van der Waals surface area contributed by atoms with Gasteiger partial charge in [0.2, 0.25) is 6.10 Å². The van der Waals surface area contributed by atoms with Crippen molar-refractivity contribution in [2.75, 3.05) is 13.2 Å². The first-order valence-corrected chi connectivity index (χ1v) is 4.44. The molecule has 0 aliphatic heterocycles. The molecule has 0 radical (unpaired) electrons. The molecule has 1 unspecified atom stereocenters. The second-order valence-corrected chi connectivity index (χ2v) is 2.49. The van der Waals surface area contributed by atoms with E-state index in [0.717, 1.165) is 12.8 Å². The van der Waals surface area contributed by atoms with Crippen LogP contribution in [0.4, 0.5) is 0 Å². The van der Waals surface area contributed by atoms with Crippen LogP contribution in [0, 0.1) is 11.3 Å². The first kappa shape index (κ1) is 11.9. The van der Waals surface area contributed by atoms with E-state index in [1.54, 1.807) is 13.0 Å². The second kappa shape index (κ2) is 7.56. The molecule has 4 heteroatoms. The largest absolute Gasteiger partial charge is 0.463 e. The molecule has 0 aliphatic carbocycles. The third kappa shape index (κ3) is 5.21. The Labute approximate surface area is 78.4 Å². The van der Waals surface area contributed by atoms with Gasteiger partial charge in [0.15, 0.2) is 0 Å². The highest BCUT2D eigenvalue weighted by Gasteiger charge is 2.18. The molecule has 0 spiro atoms. The zero-order chi connectivity index (χ0) is 10.1. The lowest BCUT2D eigenvalue weighted by Crippen LogP contribution is -2.25. The molecular formula is C9H15NO3. The van der Waals surface area contributed by atoms with Crippen LogP contribution in [0.1, 0.15) is 26.7 Å². The van der Waals surface area contributed by atoms with E-state index in [4.69, 9.17) is 14.7 Å². The van der Waals surface area contributed by atoms with Gasteiger partial charge in [0.1, 0.15) is 6.07 Å². The normalized spacial score (nSPS) is 11.8. The summed E-state index contributed by atoms with van der Waals surface area (Å²) in [6.45, 7) is 4.42. The van der Waals surface area contributed by atoms with E-state index in [1.807, 2.05) is 6.92 Å². The van der Waals surface area contributed by atoms with Crippen LogP contribution in [0.3, 0.4) is 0 Å². The third-order valence-corrected chi connectivity index (χ3v) is 1.41. The Balaban J connectivity index is 3.73. The molecule has 0 fully saturated rings. The number of carbonyl (C=O) groups excluding carboxylic acids is 1. The first-order valence-electron chi connectivity index (χ1n) is 4.44. The van der Waals surface area contributed by atoms with Gasteiger partial charge in [-0.15, -0.1) is 0 Å². The second-order valence-electron chi connectivity index (χ2n) is 2.49. The van der Waals surface area contributed by atoms with Crippen molar-refractivity contribution in [1.29, 1.82) is 5.26 Å².